The summed E-state index contributed by atoms with van der Waals surface area (Å²) in [6.45, 7) is 5.21. The predicted molar refractivity (Wildman–Crippen MR) is 209 cm³/mol. The van der Waals surface area contributed by atoms with Gasteiger partial charge in [-0.3, -0.25) is 5.32 Å². The summed E-state index contributed by atoms with van der Waals surface area (Å²) >= 11 is 0. The molecule has 8 heterocycles. The number of nitrogen functional groups attached to an aromatic ring is 1. The summed E-state index contributed by atoms with van der Waals surface area (Å²) < 4.78 is 68.1. The van der Waals surface area contributed by atoms with Crippen molar-refractivity contribution < 1.29 is 46.5 Å². The van der Waals surface area contributed by atoms with Crippen LogP contribution in [0.25, 0.3) is 23.3 Å². The fraction of sp³-hybridized carbons (Fsp3) is 0.139. The topological polar surface area (TPSA) is 302 Å². The number of nitrogens with one attached hydrogen (secondary N) is 1. The van der Waals surface area contributed by atoms with Crippen molar-refractivity contribution in [3.63, 3.8) is 0 Å². The molecular formula is C36H32F4N18O6. The van der Waals surface area contributed by atoms with E-state index in [1.54, 1.807) is 20.8 Å². The van der Waals surface area contributed by atoms with Crippen LogP contribution >= 0.6 is 0 Å². The molecule has 0 radical (unpaired) electrons. The zero-order valence-corrected chi connectivity index (χ0v) is 33.5. The van der Waals surface area contributed by atoms with Crippen molar-refractivity contribution in [2.45, 2.75) is 26.4 Å². The number of hydrogen-bond donors (Lipinski definition) is 3. The second-order valence-electron chi connectivity index (χ2n) is 13.0. The number of aromatic nitrogens is 16. The molecule has 0 aliphatic rings. The molecule has 0 aromatic carbocycles. The molecule has 0 saturated heterocycles. The van der Waals surface area contributed by atoms with E-state index >= 15 is 0 Å². The number of anilines is 2. The number of hydrogen-bond acceptors (Lipinski definition) is 18. The standard InChI is InChI=1S/C12H14FN5O2.C9H7FN4O2.C8H5FN4O2.C7H6FN5/c1-12(2,3)20-11(19)16-8-6-9(13)10(14-7-8)18-5-4-15-17-18;1-16-9(15)6-4-7(10)8(11-5-6)14-3-2-12-13-14;9-6-3-5(8(14)15)4-10-7(6)13-2-1-11-12-13;8-6-3-5(9)4-10-7(6)13-2-1-11-12-13/h4-7H,1-3H3,(H,16,19);2-5H,1H3;1-4H,(H,14,15);1-4H,9H2. The molecule has 8 aromatic heterocycles. The first-order chi connectivity index (χ1) is 30.5. The Hall–Kier alpha value is -9.11. The number of pyridine rings is 4. The Morgan fingerprint density at radius 3 is 1.36 bits per heavy atom. The van der Waals surface area contributed by atoms with Crippen LogP contribution in [-0.4, -0.2) is 116 Å². The van der Waals surface area contributed by atoms with Crippen LogP contribution in [0, 0.1) is 23.3 Å². The van der Waals surface area contributed by atoms with Crippen LogP contribution in [0.15, 0.2) is 98.6 Å². The zero-order chi connectivity index (χ0) is 46.4. The van der Waals surface area contributed by atoms with Crippen molar-refractivity contribution in [3.8, 4) is 23.3 Å². The van der Waals surface area contributed by atoms with Crippen LogP contribution in [0.1, 0.15) is 41.5 Å². The highest BCUT2D eigenvalue weighted by atomic mass is 19.1. The first kappa shape index (κ1) is 46.0. The molecule has 0 saturated carbocycles. The number of esters is 1. The summed E-state index contributed by atoms with van der Waals surface area (Å²) in [5.74, 6) is -4.49. The van der Waals surface area contributed by atoms with Crippen LogP contribution in [0.3, 0.4) is 0 Å². The van der Waals surface area contributed by atoms with E-state index in [-0.39, 0.29) is 45.8 Å². The number of halogens is 4. The third kappa shape index (κ3) is 12.7. The number of amides is 1. The van der Waals surface area contributed by atoms with Crippen molar-refractivity contribution in [3.05, 3.63) is 133 Å². The van der Waals surface area contributed by atoms with Gasteiger partial charge in [0.15, 0.2) is 46.5 Å². The molecule has 330 valence electrons. The third-order valence-electron chi connectivity index (χ3n) is 7.18. The van der Waals surface area contributed by atoms with E-state index in [2.05, 4.69) is 71.2 Å². The van der Waals surface area contributed by atoms with Crippen LogP contribution in [0.4, 0.5) is 33.7 Å². The smallest absolute Gasteiger partial charge is 0.412 e. The minimum absolute atomic E-state index is 0.00256. The predicted octanol–water partition coefficient (Wildman–Crippen LogP) is 3.62. The Morgan fingerprint density at radius 1 is 0.609 bits per heavy atom. The van der Waals surface area contributed by atoms with Crippen molar-refractivity contribution in [1.29, 1.82) is 0 Å². The van der Waals surface area contributed by atoms with Gasteiger partial charge >= 0.3 is 18.0 Å². The average Bonchev–Trinajstić information content (AvgIpc) is 4.10. The number of nitrogens with zero attached hydrogens (tertiary/aromatic N) is 16. The van der Waals surface area contributed by atoms with Crippen LogP contribution in [0.5, 0.6) is 0 Å². The molecule has 0 aliphatic heterocycles. The molecule has 64 heavy (non-hydrogen) atoms. The molecule has 0 aliphatic carbocycles. The van der Waals surface area contributed by atoms with Gasteiger partial charge in [-0.2, -0.15) is 18.7 Å². The van der Waals surface area contributed by atoms with Gasteiger partial charge in [0.25, 0.3) is 0 Å². The van der Waals surface area contributed by atoms with Crippen LogP contribution in [0.2, 0.25) is 0 Å². The Bertz CT molecular complexity index is 2790. The lowest BCUT2D eigenvalue weighted by Crippen LogP contribution is -2.27. The number of carbonyl (C=O) groups is 3. The fourth-order valence-corrected chi connectivity index (χ4v) is 4.53. The number of ether oxygens (including phenoxy) is 2. The molecule has 0 atom stereocenters. The Morgan fingerprint density at radius 2 is 1.00 bits per heavy atom. The van der Waals surface area contributed by atoms with Gasteiger partial charge in [0.2, 0.25) is 0 Å². The van der Waals surface area contributed by atoms with Gasteiger partial charge < -0.3 is 20.3 Å². The van der Waals surface area contributed by atoms with E-state index in [1.807, 2.05) is 0 Å². The lowest BCUT2D eigenvalue weighted by molar-refractivity contribution is 0.0596. The fourth-order valence-electron chi connectivity index (χ4n) is 4.53. The van der Waals surface area contributed by atoms with E-state index in [0.717, 1.165) is 33.8 Å². The molecule has 0 unspecified atom stereocenters. The van der Waals surface area contributed by atoms with Crippen LogP contribution < -0.4 is 11.1 Å². The lowest BCUT2D eigenvalue weighted by atomic mass is 10.2. The summed E-state index contributed by atoms with van der Waals surface area (Å²) in [6.07, 6.45) is 15.7. The number of nitrogens with two attached hydrogens (primary N) is 1. The highest BCUT2D eigenvalue weighted by Crippen LogP contribution is 2.17. The summed E-state index contributed by atoms with van der Waals surface area (Å²) in [5, 5.41) is 39.5. The second-order valence-corrected chi connectivity index (χ2v) is 13.0. The molecule has 0 bridgehead atoms. The molecule has 1 amide bonds. The molecule has 0 spiro atoms. The van der Waals surface area contributed by atoms with E-state index in [0.29, 0.717) is 0 Å². The highest BCUT2D eigenvalue weighted by molar-refractivity contribution is 5.89. The SMILES string of the molecule is CC(C)(C)OC(=O)Nc1cnc(-n2ccnn2)c(F)c1.COC(=O)c1cnc(-n2ccnn2)c(F)c1.Nc1cnc(-n2ccnn2)c(F)c1.O=C(O)c1cnc(-n2ccnn2)c(F)c1. The quantitative estimate of drug-likeness (QED) is 0.152. The van der Waals surface area contributed by atoms with Gasteiger partial charge in [-0.1, -0.05) is 20.9 Å². The zero-order valence-electron chi connectivity index (χ0n) is 33.5. The van der Waals surface area contributed by atoms with Crippen molar-refractivity contribution >= 4 is 29.4 Å². The summed E-state index contributed by atoms with van der Waals surface area (Å²) in [6, 6.07) is 4.24. The summed E-state index contributed by atoms with van der Waals surface area (Å²) in [7, 11) is 1.21. The first-order valence-corrected chi connectivity index (χ1v) is 17.7. The number of methoxy groups -OCH3 is 1. The minimum atomic E-state index is -1.23. The molecule has 4 N–H and O–H groups in total. The summed E-state index contributed by atoms with van der Waals surface area (Å²) in [4.78, 5) is 48.2. The van der Waals surface area contributed by atoms with Gasteiger partial charge in [0, 0.05) is 24.5 Å². The van der Waals surface area contributed by atoms with Gasteiger partial charge in [0.05, 0.1) is 91.6 Å². The molecule has 0 fully saturated rings. The van der Waals surface area contributed by atoms with Crippen molar-refractivity contribution in [2.24, 2.45) is 0 Å². The Kier molecular flexibility index (Phi) is 15.0. The van der Waals surface area contributed by atoms with Gasteiger partial charge in [0.1, 0.15) is 5.60 Å². The maximum atomic E-state index is 13.9. The second kappa shape index (κ2) is 20.9. The largest absolute Gasteiger partial charge is 0.478 e. The maximum Gasteiger partial charge on any atom is 0.412 e. The number of rotatable bonds is 7. The summed E-state index contributed by atoms with van der Waals surface area (Å²) in [5.41, 5.74) is 5.01. The molecule has 8 rings (SSSR count). The maximum absolute atomic E-state index is 13.9. The Labute approximate surface area is 356 Å². The van der Waals surface area contributed by atoms with E-state index < -0.39 is 46.9 Å². The number of carboxylic acid groups (broad SMARTS) is 1. The Balaban J connectivity index is 0.000000162. The lowest BCUT2D eigenvalue weighted by Gasteiger charge is -2.19. The molecular weight excluding hydrogens is 857 g/mol. The van der Waals surface area contributed by atoms with E-state index in [9.17, 15) is 31.9 Å². The van der Waals surface area contributed by atoms with Gasteiger partial charge in [-0.15, -0.1) is 20.4 Å². The molecule has 8 aromatic rings. The monoisotopic (exact) mass is 888 g/mol. The number of carbonyl (C=O) groups excluding carboxylic acids is 2. The average molecular weight is 889 g/mol. The first-order valence-electron chi connectivity index (χ1n) is 17.7. The molecule has 28 heteroatoms. The molecule has 24 nitrogen and oxygen atoms in total. The van der Waals surface area contributed by atoms with Crippen LogP contribution in [-0.2, 0) is 9.47 Å². The minimum Gasteiger partial charge on any atom is -0.478 e. The van der Waals surface area contributed by atoms with E-state index in [4.69, 9.17) is 15.6 Å². The van der Waals surface area contributed by atoms with Crippen molar-refractivity contribution in [2.75, 3.05) is 18.2 Å². The van der Waals surface area contributed by atoms with E-state index in [1.165, 1.54) is 90.7 Å². The van der Waals surface area contributed by atoms with Gasteiger partial charge in [-0.25, -0.2) is 51.9 Å². The third-order valence-corrected chi connectivity index (χ3v) is 7.18. The normalized spacial score (nSPS) is 10.5. The highest BCUT2D eigenvalue weighted by Gasteiger charge is 2.18. The van der Waals surface area contributed by atoms with Gasteiger partial charge in [-0.05, 0) is 32.9 Å². The van der Waals surface area contributed by atoms with Crippen molar-refractivity contribution in [1.82, 2.24) is 79.9 Å². The number of carboxylic acids is 1. The number of aromatic carboxylic acids is 1.